The predicted molar refractivity (Wildman–Crippen MR) is 169 cm³/mol. The Morgan fingerprint density at radius 2 is 0.750 bits per heavy atom. The van der Waals surface area contributed by atoms with Crippen LogP contribution in [-0.4, -0.2) is 49.9 Å². The summed E-state index contributed by atoms with van der Waals surface area (Å²) in [4.78, 5) is 0. The molecule has 0 aromatic heterocycles. The Bertz CT molecular complexity index is 532. The summed E-state index contributed by atoms with van der Waals surface area (Å²) in [5.74, 6) is 0. The van der Waals surface area contributed by atoms with Gasteiger partial charge in [0, 0.05) is 58.8 Å². The van der Waals surface area contributed by atoms with Gasteiger partial charge in [0.05, 0.1) is 0 Å². The van der Waals surface area contributed by atoms with Gasteiger partial charge in [-0.05, 0) is 52.4 Å². The standard InChI is InChI=1S/C8H17OSi2.2C8H16OSi2.CH3.2Pt/c3*1-7-10(3,4)9-11(5,6)8-2;;;/h1,7-8H,2H2,3-6H3;1-2H2,3-6H3;1-2,7-8H,3-6H3;1H3;;/q-1;2*-2;-1;;. The van der Waals surface area contributed by atoms with Gasteiger partial charge < -0.3 is 50.9 Å². The molecule has 0 amide bonds. The summed E-state index contributed by atoms with van der Waals surface area (Å²) >= 11 is 0. The summed E-state index contributed by atoms with van der Waals surface area (Å²) in [6.07, 6.45) is 0. The molecular weight excluding hydrogens is 907 g/mol. The fraction of sp³-hybridized carbons (Fsp3) is 0.480. The molecule has 0 unspecified atom stereocenters. The number of hydrogen-bond donors (Lipinski definition) is 0. The van der Waals surface area contributed by atoms with Crippen molar-refractivity contribution < 1.29 is 54.5 Å². The van der Waals surface area contributed by atoms with Gasteiger partial charge in [-0.3, -0.25) is 30.3 Å². The Balaban J connectivity index is -0.0000000900. The van der Waals surface area contributed by atoms with E-state index in [1.165, 1.54) is 0 Å². The smallest absolute Gasteiger partial charge is 0.198 e. The summed E-state index contributed by atoms with van der Waals surface area (Å²) in [6, 6.07) is 0. The van der Waals surface area contributed by atoms with Crippen molar-refractivity contribution in [3.63, 3.8) is 0 Å². The molecule has 0 saturated carbocycles. The van der Waals surface area contributed by atoms with E-state index in [4.69, 9.17) is 32.1 Å². The van der Waals surface area contributed by atoms with Gasteiger partial charge in [-0.1, -0.05) is 31.9 Å². The van der Waals surface area contributed by atoms with Crippen LogP contribution >= 0.6 is 0 Å². The summed E-state index contributed by atoms with van der Waals surface area (Å²) < 4.78 is 17.6. The molecule has 0 rings (SSSR count). The summed E-state index contributed by atoms with van der Waals surface area (Å²) in [5.41, 5.74) is 13.0. The first-order valence-corrected chi connectivity index (χ1v) is 28.8. The molecule has 220 valence electrons. The van der Waals surface area contributed by atoms with E-state index in [9.17, 15) is 0 Å². The third kappa shape index (κ3) is 29.6. The molecule has 0 aliphatic carbocycles. The average molecular weight is 959 g/mol. The molecular formula is C25H52O3Pt2Si6-6. The van der Waals surface area contributed by atoms with Gasteiger partial charge in [0.15, 0.2) is 33.3 Å². The second-order valence-electron chi connectivity index (χ2n) is 10.8. The van der Waals surface area contributed by atoms with Gasteiger partial charge >= 0.3 is 0 Å². The van der Waals surface area contributed by atoms with Crippen molar-refractivity contribution in [3.8, 4) is 0 Å². The monoisotopic (exact) mass is 958 g/mol. The molecule has 0 atom stereocenters. The normalized spacial score (nSPS) is 11.7. The molecule has 0 bridgehead atoms. The van der Waals surface area contributed by atoms with Crippen LogP contribution in [0.1, 0.15) is 0 Å². The Kier molecular flexibility index (Phi) is 28.9. The first-order valence-electron chi connectivity index (χ1n) is 11.0. The van der Waals surface area contributed by atoms with Gasteiger partial charge in [0.25, 0.3) is 0 Å². The molecule has 0 N–H and O–H groups in total. The van der Waals surface area contributed by atoms with Crippen LogP contribution in [0.3, 0.4) is 0 Å². The maximum Gasteiger partial charge on any atom is 0.198 e. The van der Waals surface area contributed by atoms with Crippen LogP contribution in [0.4, 0.5) is 0 Å². The Labute approximate surface area is 262 Å². The van der Waals surface area contributed by atoms with Crippen LogP contribution < -0.4 is 0 Å². The zero-order valence-electron chi connectivity index (χ0n) is 25.0. The predicted octanol–water partition coefficient (Wildman–Crippen LogP) is 8.05. The summed E-state index contributed by atoms with van der Waals surface area (Å²) in [6.45, 7) is 52.4. The van der Waals surface area contributed by atoms with Crippen LogP contribution in [0.25, 0.3) is 0 Å². The van der Waals surface area contributed by atoms with E-state index < -0.39 is 49.9 Å². The Morgan fingerprint density at radius 3 is 0.917 bits per heavy atom. The third-order valence-corrected chi connectivity index (χ3v) is 21.7. The van der Waals surface area contributed by atoms with Crippen molar-refractivity contribution in [2.24, 2.45) is 0 Å². The van der Waals surface area contributed by atoms with E-state index in [-0.39, 0.29) is 49.6 Å². The van der Waals surface area contributed by atoms with Gasteiger partial charge in [-0.15, -0.1) is 6.58 Å². The fourth-order valence-electron chi connectivity index (χ4n) is 2.21. The van der Waals surface area contributed by atoms with Crippen LogP contribution in [0.2, 0.25) is 78.6 Å². The molecule has 0 fully saturated rings. The van der Waals surface area contributed by atoms with Gasteiger partial charge in [-0.2, -0.15) is 0 Å². The minimum absolute atomic E-state index is 0. The molecule has 3 nitrogen and oxygen atoms in total. The first-order chi connectivity index (χ1) is 14.5. The Hall–Kier alpha value is 0.998. The van der Waals surface area contributed by atoms with Crippen LogP contribution in [-0.2, 0) is 54.5 Å². The Morgan fingerprint density at radius 1 is 0.528 bits per heavy atom. The molecule has 36 heavy (non-hydrogen) atoms. The second-order valence-corrected chi connectivity index (χ2v) is 34.2. The molecule has 0 aliphatic rings. The minimum Gasteiger partial charge on any atom is -0.520 e. The maximum atomic E-state index is 5.90. The van der Waals surface area contributed by atoms with Crippen molar-refractivity contribution in [2.45, 2.75) is 78.6 Å². The zero-order valence-corrected chi connectivity index (χ0v) is 35.6. The number of hydrogen-bond acceptors (Lipinski definition) is 3. The fourth-order valence-corrected chi connectivity index (χ4v) is 19.9. The van der Waals surface area contributed by atoms with E-state index in [2.05, 4.69) is 110 Å². The van der Waals surface area contributed by atoms with Crippen LogP contribution in [0.5, 0.6) is 0 Å². The largest absolute Gasteiger partial charge is 0.520 e. The number of rotatable bonds is 12. The topological polar surface area (TPSA) is 27.7 Å². The summed E-state index contributed by atoms with van der Waals surface area (Å²) in [5, 5.41) is 0. The van der Waals surface area contributed by atoms with Gasteiger partial charge in [-0.25, -0.2) is 0 Å². The van der Waals surface area contributed by atoms with Gasteiger partial charge in [0.2, 0.25) is 0 Å². The van der Waals surface area contributed by atoms with E-state index >= 15 is 0 Å². The van der Waals surface area contributed by atoms with Crippen molar-refractivity contribution in [1.29, 1.82) is 0 Å². The molecule has 0 aliphatic heterocycles. The van der Waals surface area contributed by atoms with E-state index in [0.29, 0.717) is 0 Å². The van der Waals surface area contributed by atoms with E-state index in [1.54, 1.807) is 17.1 Å². The van der Waals surface area contributed by atoms with Crippen LogP contribution in [0, 0.1) is 38.6 Å². The SMILES string of the molecule is C=[C-][Si](C)(C)O[Si](C)(C)[C-]=C.[CH-]=C[Si](C)(C)O[Si](C)(C)C=C.[CH-]=C[Si](C)(C)O[Si](C)(C)C=[CH-].[CH3-].[Pt].[Pt]. The molecule has 0 aromatic rings. The van der Waals surface area contributed by atoms with Gasteiger partial charge in [0.1, 0.15) is 0 Å². The van der Waals surface area contributed by atoms with Crippen molar-refractivity contribution >= 4 is 49.9 Å². The second kappa shape index (κ2) is 20.8. The first kappa shape index (κ1) is 49.9. The molecule has 0 aromatic carbocycles. The maximum absolute atomic E-state index is 5.90. The van der Waals surface area contributed by atoms with Crippen molar-refractivity contribution in [2.75, 3.05) is 0 Å². The quantitative estimate of drug-likeness (QED) is 0.147. The van der Waals surface area contributed by atoms with E-state index in [1.807, 2.05) is 5.70 Å². The molecule has 0 saturated heterocycles. The third-order valence-electron chi connectivity index (χ3n) is 4.11. The summed E-state index contributed by atoms with van der Waals surface area (Å²) in [7, 11) is -10.2. The molecule has 11 heteroatoms. The molecule has 0 radical (unpaired) electrons. The minimum atomic E-state index is -1.74. The van der Waals surface area contributed by atoms with Crippen molar-refractivity contribution in [1.82, 2.24) is 0 Å². The molecule has 0 heterocycles. The zero-order chi connectivity index (χ0) is 27.4. The van der Waals surface area contributed by atoms with Crippen LogP contribution in [0.15, 0.2) is 42.5 Å². The average Bonchev–Trinajstić information content (AvgIpc) is 2.67. The molecule has 0 spiro atoms. The van der Waals surface area contributed by atoms with Crippen molar-refractivity contribution in [3.05, 3.63) is 81.1 Å². The van der Waals surface area contributed by atoms with E-state index in [0.717, 1.165) is 0 Å².